The third-order valence-electron chi connectivity index (χ3n) is 5.43. The Morgan fingerprint density at radius 1 is 1.15 bits per heavy atom. The molecule has 1 aliphatic carbocycles. The number of nitrogens with zero attached hydrogens (tertiary/aromatic N) is 1. The number of carbonyl (C=O) groups is 1. The average molecular weight is 304 g/mol. The van der Waals surface area contributed by atoms with Crippen LogP contribution < -0.4 is 4.72 Å². The van der Waals surface area contributed by atoms with Crippen molar-refractivity contribution in [2.45, 2.75) is 46.6 Å². The van der Waals surface area contributed by atoms with Gasteiger partial charge in [-0.3, -0.25) is 4.79 Å². The molecule has 0 spiro atoms. The summed E-state index contributed by atoms with van der Waals surface area (Å²) in [6.45, 7) is 8.77. The van der Waals surface area contributed by atoms with Crippen LogP contribution in [0, 0.1) is 16.7 Å². The van der Waals surface area contributed by atoms with Crippen molar-refractivity contribution in [3.8, 4) is 0 Å². The highest BCUT2D eigenvalue weighted by atomic mass is 32.2. The molecule has 0 aromatic rings. The van der Waals surface area contributed by atoms with Gasteiger partial charge >= 0.3 is 5.97 Å². The highest BCUT2D eigenvalue weighted by molar-refractivity contribution is 7.87. The zero-order valence-corrected chi connectivity index (χ0v) is 13.3. The van der Waals surface area contributed by atoms with Gasteiger partial charge in [0.2, 0.25) is 0 Å². The van der Waals surface area contributed by atoms with Crippen LogP contribution in [0.2, 0.25) is 0 Å². The average Bonchev–Trinajstić information content (AvgIpc) is 2.71. The van der Waals surface area contributed by atoms with Gasteiger partial charge in [-0.05, 0) is 23.7 Å². The molecule has 0 radical (unpaired) electrons. The smallest absolute Gasteiger partial charge is 0.306 e. The SMILES string of the molecule is CC1(C)C(NS(=O)(=O)N2CCC(C(=O)O)CC2)C1(C)C. The summed E-state index contributed by atoms with van der Waals surface area (Å²) in [6.07, 6.45) is 0.765. The number of rotatable bonds is 4. The lowest BCUT2D eigenvalue weighted by atomic mass is 9.99. The summed E-state index contributed by atoms with van der Waals surface area (Å²) in [4.78, 5) is 10.9. The van der Waals surface area contributed by atoms with Crippen molar-refractivity contribution in [2.75, 3.05) is 13.1 Å². The molecular formula is C13H24N2O4S. The maximum Gasteiger partial charge on any atom is 0.306 e. The second kappa shape index (κ2) is 4.68. The van der Waals surface area contributed by atoms with E-state index in [0.29, 0.717) is 12.8 Å². The van der Waals surface area contributed by atoms with E-state index in [2.05, 4.69) is 32.4 Å². The predicted molar refractivity (Wildman–Crippen MR) is 75.3 cm³/mol. The van der Waals surface area contributed by atoms with Crippen LogP contribution in [0.5, 0.6) is 0 Å². The largest absolute Gasteiger partial charge is 0.481 e. The Morgan fingerprint density at radius 2 is 1.60 bits per heavy atom. The lowest BCUT2D eigenvalue weighted by Crippen LogP contribution is -2.47. The minimum absolute atomic E-state index is 0.0561. The lowest BCUT2D eigenvalue weighted by Gasteiger charge is -2.29. The Hall–Kier alpha value is -0.660. The van der Waals surface area contributed by atoms with Gasteiger partial charge in [0.1, 0.15) is 0 Å². The van der Waals surface area contributed by atoms with Gasteiger partial charge in [-0.1, -0.05) is 27.7 Å². The van der Waals surface area contributed by atoms with Crippen LogP contribution >= 0.6 is 0 Å². The van der Waals surface area contributed by atoms with Gasteiger partial charge < -0.3 is 5.11 Å². The molecule has 116 valence electrons. The highest BCUT2D eigenvalue weighted by Gasteiger charge is 2.66. The Kier molecular flexibility index (Phi) is 3.68. The minimum atomic E-state index is -3.52. The topological polar surface area (TPSA) is 86.7 Å². The number of carboxylic acid groups (broad SMARTS) is 1. The fourth-order valence-corrected chi connectivity index (χ4v) is 4.79. The molecule has 2 N–H and O–H groups in total. The van der Waals surface area contributed by atoms with Crippen LogP contribution in [0.15, 0.2) is 0 Å². The number of nitrogens with one attached hydrogen (secondary N) is 1. The van der Waals surface area contributed by atoms with E-state index >= 15 is 0 Å². The Labute approximate surface area is 120 Å². The summed E-state index contributed by atoms with van der Waals surface area (Å²) >= 11 is 0. The molecule has 1 aliphatic heterocycles. The number of piperidine rings is 1. The fraction of sp³-hybridized carbons (Fsp3) is 0.923. The van der Waals surface area contributed by atoms with Crippen LogP contribution in [0.1, 0.15) is 40.5 Å². The van der Waals surface area contributed by atoms with Crippen molar-refractivity contribution in [3.63, 3.8) is 0 Å². The summed E-state index contributed by atoms with van der Waals surface area (Å²) in [6, 6.07) is -0.0720. The van der Waals surface area contributed by atoms with E-state index in [1.807, 2.05) is 0 Å². The first kappa shape index (κ1) is 15.7. The highest BCUT2D eigenvalue weighted by Crippen LogP contribution is 2.62. The quantitative estimate of drug-likeness (QED) is 0.813. The molecule has 2 fully saturated rings. The molecule has 0 aromatic carbocycles. The molecule has 1 saturated carbocycles. The molecule has 2 rings (SSSR count). The summed E-state index contributed by atoms with van der Waals surface area (Å²) in [5.74, 6) is -1.25. The summed E-state index contributed by atoms with van der Waals surface area (Å²) in [5.41, 5.74) is -0.112. The predicted octanol–water partition coefficient (Wildman–Crippen LogP) is 1.05. The van der Waals surface area contributed by atoms with Gasteiger partial charge in [0.15, 0.2) is 0 Å². The van der Waals surface area contributed by atoms with Gasteiger partial charge in [-0.2, -0.15) is 17.4 Å². The molecule has 2 aliphatic rings. The number of hydrogen-bond acceptors (Lipinski definition) is 3. The van der Waals surface area contributed by atoms with Gasteiger partial charge in [0.25, 0.3) is 10.2 Å². The number of aliphatic carboxylic acids is 1. The van der Waals surface area contributed by atoms with Crippen molar-refractivity contribution in [1.82, 2.24) is 9.03 Å². The zero-order valence-electron chi connectivity index (χ0n) is 12.5. The summed E-state index contributed by atoms with van der Waals surface area (Å²) in [7, 11) is -3.52. The van der Waals surface area contributed by atoms with Gasteiger partial charge in [-0.15, -0.1) is 0 Å². The van der Waals surface area contributed by atoms with Crippen molar-refractivity contribution < 1.29 is 18.3 Å². The van der Waals surface area contributed by atoms with Gasteiger partial charge in [0, 0.05) is 19.1 Å². The van der Waals surface area contributed by atoms with E-state index in [1.165, 1.54) is 4.31 Å². The third kappa shape index (κ3) is 2.46. The van der Waals surface area contributed by atoms with Crippen LogP contribution in [-0.4, -0.2) is 42.9 Å². The van der Waals surface area contributed by atoms with Crippen LogP contribution in [0.3, 0.4) is 0 Å². The normalized spacial score (nSPS) is 27.4. The Bertz CT molecular complexity index is 490. The van der Waals surface area contributed by atoms with Gasteiger partial charge in [-0.25, -0.2) is 0 Å². The molecular weight excluding hydrogens is 280 g/mol. The molecule has 0 atom stereocenters. The maximum atomic E-state index is 12.4. The van der Waals surface area contributed by atoms with Crippen LogP contribution in [0.4, 0.5) is 0 Å². The maximum absolute atomic E-state index is 12.4. The first-order valence-corrected chi connectivity index (χ1v) is 8.44. The molecule has 20 heavy (non-hydrogen) atoms. The molecule has 1 heterocycles. The number of hydrogen-bond donors (Lipinski definition) is 2. The standard InChI is InChI=1S/C13H24N2O4S/c1-12(2)11(13(12,3)4)14-20(18,19)15-7-5-9(6-8-15)10(16)17/h9,11,14H,5-8H2,1-4H3,(H,16,17). The molecule has 0 unspecified atom stereocenters. The molecule has 0 bridgehead atoms. The molecule has 1 saturated heterocycles. The summed E-state index contributed by atoms with van der Waals surface area (Å²) < 4.78 is 28.9. The third-order valence-corrected chi connectivity index (χ3v) is 7.01. The minimum Gasteiger partial charge on any atom is -0.481 e. The molecule has 0 amide bonds. The van der Waals surface area contributed by atoms with Gasteiger partial charge in [0.05, 0.1) is 5.92 Å². The van der Waals surface area contributed by atoms with E-state index in [9.17, 15) is 13.2 Å². The van der Waals surface area contributed by atoms with E-state index in [-0.39, 0.29) is 30.0 Å². The first-order chi connectivity index (χ1) is 9.00. The fourth-order valence-electron chi connectivity index (χ4n) is 3.06. The lowest BCUT2D eigenvalue weighted by molar-refractivity contribution is -0.142. The van der Waals surface area contributed by atoms with E-state index in [0.717, 1.165) is 0 Å². The van der Waals surface area contributed by atoms with Crippen molar-refractivity contribution in [3.05, 3.63) is 0 Å². The monoisotopic (exact) mass is 304 g/mol. The number of carboxylic acids is 1. The summed E-state index contributed by atoms with van der Waals surface area (Å²) in [5, 5.41) is 8.94. The Balaban J connectivity index is 1.98. The zero-order chi connectivity index (χ0) is 15.3. The Morgan fingerprint density at radius 3 is 1.95 bits per heavy atom. The van der Waals surface area contributed by atoms with Crippen molar-refractivity contribution >= 4 is 16.2 Å². The molecule has 7 heteroatoms. The first-order valence-electron chi connectivity index (χ1n) is 7.00. The second-order valence-electron chi connectivity index (χ2n) is 7.01. The second-order valence-corrected chi connectivity index (χ2v) is 8.71. The van der Waals surface area contributed by atoms with E-state index < -0.39 is 22.1 Å². The van der Waals surface area contributed by atoms with Crippen LogP contribution in [-0.2, 0) is 15.0 Å². The van der Waals surface area contributed by atoms with Crippen molar-refractivity contribution in [1.29, 1.82) is 0 Å². The van der Waals surface area contributed by atoms with Crippen molar-refractivity contribution in [2.24, 2.45) is 16.7 Å². The molecule has 0 aromatic heterocycles. The van der Waals surface area contributed by atoms with E-state index in [4.69, 9.17) is 5.11 Å². The van der Waals surface area contributed by atoms with Crippen LogP contribution in [0.25, 0.3) is 0 Å². The molecule has 6 nitrogen and oxygen atoms in total. The van der Waals surface area contributed by atoms with E-state index in [1.54, 1.807) is 0 Å².